The van der Waals surface area contributed by atoms with Crippen LogP contribution in [0.25, 0.3) is 131 Å². The molecule has 16 rings (SSSR count). The lowest BCUT2D eigenvalue weighted by atomic mass is 9.83. The molecule has 14 aromatic carbocycles. The highest BCUT2D eigenvalue weighted by molar-refractivity contribution is 7.48. The first-order valence-electron chi connectivity index (χ1n) is 26.9. The Kier molecular flexibility index (Phi) is 11.7. The van der Waals surface area contributed by atoms with Crippen molar-refractivity contribution in [2.24, 2.45) is 0 Å². The van der Waals surface area contributed by atoms with Gasteiger partial charge >= 0.3 is 15.6 Å². The van der Waals surface area contributed by atoms with E-state index in [9.17, 15) is 18.9 Å². The van der Waals surface area contributed by atoms with Crippen molar-refractivity contribution in [2.45, 2.75) is 0 Å². The average Bonchev–Trinajstić information content (AvgIpc) is 2.59. The van der Waals surface area contributed by atoms with Crippen LogP contribution in [0.15, 0.2) is 267 Å². The quantitative estimate of drug-likeness (QED) is 0.132. The fraction of sp³-hybridized carbons (Fsp3) is 0. The summed E-state index contributed by atoms with van der Waals surface area (Å²) in [4.78, 5) is 22.5. The first-order chi connectivity index (χ1) is 40.1. The summed E-state index contributed by atoms with van der Waals surface area (Å²) in [5.74, 6) is 1.36. The lowest BCUT2D eigenvalue weighted by Gasteiger charge is -2.21. The van der Waals surface area contributed by atoms with Crippen LogP contribution < -0.4 is 18.1 Å². The number of phosphoric acid groups is 2. The molecule has 0 aromatic heterocycles. The third-order valence-corrected chi connectivity index (χ3v) is 17.3. The second-order valence-corrected chi connectivity index (χ2v) is 23.1. The molecule has 392 valence electrons. The third kappa shape index (κ3) is 8.39. The second kappa shape index (κ2) is 19.5. The molecule has 0 radical (unpaired) electrons. The molecule has 0 atom stereocenters. The molecule has 2 aliphatic heterocycles. The number of benzene rings is 14. The van der Waals surface area contributed by atoms with Crippen molar-refractivity contribution < 1.29 is 37.0 Å². The first kappa shape index (κ1) is 49.3. The smallest absolute Gasteiger partial charge is 0.394 e. The fourth-order valence-corrected chi connectivity index (χ4v) is 13.9. The van der Waals surface area contributed by atoms with Crippen LogP contribution >= 0.6 is 15.6 Å². The molecule has 0 saturated heterocycles. The van der Waals surface area contributed by atoms with E-state index >= 15 is 0 Å². The van der Waals surface area contributed by atoms with Gasteiger partial charge in [0.15, 0.2) is 0 Å². The van der Waals surface area contributed by atoms with Crippen LogP contribution in [0.5, 0.6) is 23.0 Å². The third-order valence-electron chi connectivity index (χ3n) is 15.6. The van der Waals surface area contributed by atoms with Crippen LogP contribution in [-0.4, -0.2) is 9.79 Å². The Morgan fingerprint density at radius 3 is 0.829 bits per heavy atom. The fourth-order valence-electron chi connectivity index (χ4n) is 12.1. The van der Waals surface area contributed by atoms with Crippen molar-refractivity contribution in [1.29, 1.82) is 0 Å². The Morgan fingerprint density at radius 2 is 0.488 bits per heavy atom. The van der Waals surface area contributed by atoms with Gasteiger partial charge in [0, 0.05) is 43.8 Å². The molecule has 0 spiro atoms. The molecule has 0 bridgehead atoms. The summed E-state index contributed by atoms with van der Waals surface area (Å²) in [7, 11) is -9.21. The maximum atomic E-state index is 14.1. The summed E-state index contributed by atoms with van der Waals surface area (Å²) < 4.78 is 52.0. The van der Waals surface area contributed by atoms with Gasteiger partial charge in [-0.15, -0.1) is 0 Å². The number of hydrogen-bond acceptors (Lipinski definition) is 6. The Bertz CT molecular complexity index is 4710. The molecule has 8 nitrogen and oxygen atoms in total. The lowest BCUT2D eigenvalue weighted by molar-refractivity contribution is 0.294. The monoisotopic (exact) mass is 1100 g/mol. The molecule has 0 unspecified atom stereocenters. The van der Waals surface area contributed by atoms with Gasteiger partial charge in [0.2, 0.25) is 0 Å². The van der Waals surface area contributed by atoms with Crippen molar-refractivity contribution in [2.75, 3.05) is 0 Å². The van der Waals surface area contributed by atoms with Gasteiger partial charge in [-0.3, -0.25) is 9.79 Å². The molecule has 0 saturated carbocycles. The Hall–Kier alpha value is -9.78. The molecule has 2 N–H and O–H groups in total. The van der Waals surface area contributed by atoms with Gasteiger partial charge < -0.3 is 18.1 Å². The van der Waals surface area contributed by atoms with Gasteiger partial charge in [-0.05, 0) is 112 Å². The number of hydrogen-bond donors (Lipinski definition) is 2. The summed E-state index contributed by atoms with van der Waals surface area (Å²) >= 11 is 0. The molecule has 10 heteroatoms. The van der Waals surface area contributed by atoms with E-state index in [2.05, 4.69) is 72.8 Å². The van der Waals surface area contributed by atoms with Crippen molar-refractivity contribution in [1.82, 2.24) is 0 Å². The maximum Gasteiger partial charge on any atom is 0.584 e. The first-order valence-corrected chi connectivity index (χ1v) is 29.9. The maximum absolute atomic E-state index is 14.1. The van der Waals surface area contributed by atoms with Crippen LogP contribution in [-0.2, 0) is 9.13 Å². The van der Waals surface area contributed by atoms with Crippen LogP contribution in [0.3, 0.4) is 0 Å². The highest BCUT2D eigenvalue weighted by Crippen LogP contribution is 2.64. The lowest BCUT2D eigenvalue weighted by Crippen LogP contribution is -1.99. The van der Waals surface area contributed by atoms with Crippen LogP contribution in [0.2, 0.25) is 0 Å². The largest absolute Gasteiger partial charge is 0.584 e. The van der Waals surface area contributed by atoms with E-state index in [1.807, 2.05) is 194 Å². The molecule has 82 heavy (non-hydrogen) atoms. The summed E-state index contributed by atoms with van der Waals surface area (Å²) in [6, 6.07) is 88.7. The van der Waals surface area contributed by atoms with E-state index in [1.54, 1.807) is 0 Å². The minimum atomic E-state index is -4.68. The van der Waals surface area contributed by atoms with Gasteiger partial charge in [0.25, 0.3) is 0 Å². The van der Waals surface area contributed by atoms with Crippen molar-refractivity contribution >= 4 is 80.3 Å². The summed E-state index contributed by atoms with van der Waals surface area (Å²) in [6.45, 7) is 0. The van der Waals surface area contributed by atoms with E-state index in [0.717, 1.165) is 131 Å². The van der Waals surface area contributed by atoms with E-state index in [0.29, 0.717) is 23.0 Å². The minimum Gasteiger partial charge on any atom is -0.394 e. The second-order valence-electron chi connectivity index (χ2n) is 20.5. The SMILES string of the molecule is O=P1(O)Oc2c(c(-c3ccccc3)cc3ccc4ccccc4c23)-c2c(-c3ccccc3)cc3ccc4ccccc4c3c2O1.O=P1(O)Oc2c(c(-c3ccccc3)cc3ccccc23)-c2c(-c3ccccc3)cc3ccccc3c2O1. The number of phosphoric ester groups is 2. The molecule has 0 aliphatic carbocycles. The molecule has 0 amide bonds. The molecular weight excluding hydrogens is 1050 g/mol. The van der Waals surface area contributed by atoms with E-state index in [4.69, 9.17) is 18.1 Å². The number of fused-ring (bicyclic) bond motifs is 18. The Balaban J connectivity index is 0.000000143. The molecule has 14 aromatic rings. The summed E-state index contributed by atoms with van der Waals surface area (Å²) in [6.07, 6.45) is 0. The van der Waals surface area contributed by atoms with Gasteiger partial charge in [-0.1, -0.05) is 243 Å². The highest BCUT2D eigenvalue weighted by Gasteiger charge is 2.40. The predicted octanol–water partition coefficient (Wildman–Crippen LogP) is 20.0. The van der Waals surface area contributed by atoms with Gasteiger partial charge in [0.1, 0.15) is 23.0 Å². The van der Waals surface area contributed by atoms with E-state index < -0.39 is 15.6 Å². The minimum absolute atomic E-state index is 0.338. The zero-order valence-electron chi connectivity index (χ0n) is 43.6. The number of rotatable bonds is 4. The standard InChI is InChI=1S/C40H25O4P.C32H21O4P/c41-45(42)43-39-35-29(21-19-27-15-7-9-17-31(27)35)23-33(25-11-3-1-4-12-25)37(39)38-34(26-13-5-2-6-14-26)24-30-22-20-28-16-8-10-18-32(28)36(30)40(38)44-45;33-37(34)35-31-25-17-9-7-15-23(25)19-27(21-11-3-1-4-12-21)29(31)30-28(22-13-5-2-6-14-22)20-24-16-8-10-18-26(24)32(30)36-37/h1-24H,(H,41,42);1-20H,(H,33,34). The normalized spacial score (nSPS) is 13.7. The zero-order chi connectivity index (χ0) is 55.1. The highest BCUT2D eigenvalue weighted by atomic mass is 31.2. The van der Waals surface area contributed by atoms with Crippen LogP contribution in [0.4, 0.5) is 0 Å². The van der Waals surface area contributed by atoms with Crippen molar-refractivity contribution in [3.05, 3.63) is 267 Å². The molecule has 2 heterocycles. The van der Waals surface area contributed by atoms with Gasteiger partial charge in [0.05, 0.1) is 0 Å². The predicted molar refractivity (Wildman–Crippen MR) is 333 cm³/mol. The summed E-state index contributed by atoms with van der Waals surface area (Å²) in [5.41, 5.74) is 10.3. The Labute approximate surface area is 471 Å². The van der Waals surface area contributed by atoms with E-state index in [1.165, 1.54) is 0 Å². The molecule has 0 fully saturated rings. The van der Waals surface area contributed by atoms with Gasteiger partial charge in [-0.25, -0.2) is 9.13 Å². The zero-order valence-corrected chi connectivity index (χ0v) is 45.4. The summed E-state index contributed by atoms with van der Waals surface area (Å²) in [5, 5.41) is 10.5. The topological polar surface area (TPSA) is 112 Å². The van der Waals surface area contributed by atoms with E-state index in [-0.39, 0.29) is 0 Å². The molecular formula is C72H46O8P2. The Morgan fingerprint density at radius 1 is 0.244 bits per heavy atom. The van der Waals surface area contributed by atoms with Crippen LogP contribution in [0, 0.1) is 0 Å². The van der Waals surface area contributed by atoms with Crippen molar-refractivity contribution in [3.8, 4) is 89.8 Å². The average molecular weight is 1100 g/mol. The van der Waals surface area contributed by atoms with Gasteiger partial charge in [-0.2, -0.15) is 0 Å². The van der Waals surface area contributed by atoms with Crippen LogP contribution in [0.1, 0.15) is 0 Å². The molecule has 2 aliphatic rings. The van der Waals surface area contributed by atoms with Crippen molar-refractivity contribution in [3.63, 3.8) is 0 Å².